The van der Waals surface area contributed by atoms with Crippen molar-refractivity contribution in [3.05, 3.63) is 138 Å². The molecule has 11 rings (SSSR count). The largest absolute Gasteiger partial charge is 0.188 e. The van der Waals surface area contributed by atoms with Crippen molar-refractivity contribution in [1.82, 2.24) is 0 Å². The Morgan fingerprint density at radius 2 is 0.881 bits per heavy atom. The van der Waals surface area contributed by atoms with Gasteiger partial charge < -0.3 is 0 Å². The molecule has 0 fully saturated rings. The molecular weight excluding hydrogens is 698 g/mol. The third-order valence-corrected chi connectivity index (χ3v) is 15.0. The van der Waals surface area contributed by atoms with E-state index >= 15 is 0 Å². The van der Waals surface area contributed by atoms with Crippen LogP contribution in [-0.2, 0) is 0 Å². The van der Waals surface area contributed by atoms with Crippen LogP contribution < -0.4 is 49.2 Å². The molecule has 0 amide bonds. The van der Waals surface area contributed by atoms with Crippen LogP contribution in [0.3, 0.4) is 0 Å². The van der Waals surface area contributed by atoms with Crippen LogP contribution >= 0.6 is 0 Å². The second-order valence-electron chi connectivity index (χ2n) is 17.7. The summed E-state index contributed by atoms with van der Waals surface area (Å²) in [7, 11) is 20.1. The summed E-state index contributed by atoms with van der Waals surface area (Å²) in [5.41, 5.74) is 25.4. The molecule has 2 aliphatic rings. The van der Waals surface area contributed by atoms with Gasteiger partial charge in [0.05, 0.1) is 0 Å². The average molecular weight is 739 g/mol. The molecular formula is C50H41B9. The topological polar surface area (TPSA) is 0 Å². The molecule has 0 atom stereocenters. The quantitative estimate of drug-likeness (QED) is 0.154. The molecule has 9 heteroatoms. The molecule has 9 aromatic rings. The molecule has 0 aromatic heterocycles. The summed E-state index contributed by atoms with van der Waals surface area (Å²) in [5.74, 6) is 0. The lowest BCUT2D eigenvalue weighted by Gasteiger charge is -2.30. The number of rotatable bonds is 3. The van der Waals surface area contributed by atoms with Gasteiger partial charge in [0.1, 0.15) is 62.8 Å². The Bertz CT molecular complexity index is 3370. The summed E-state index contributed by atoms with van der Waals surface area (Å²) in [6, 6.07) is 43.4. The van der Waals surface area contributed by atoms with Crippen molar-refractivity contribution in [2.24, 2.45) is 0 Å². The minimum Gasteiger partial charge on any atom is -0.101 e. The number of allylic oxidation sites excluding steroid dienone is 4. The fourth-order valence-electron chi connectivity index (χ4n) is 11.2. The molecule has 0 N–H and O–H groups in total. The second kappa shape index (κ2) is 13.4. The lowest BCUT2D eigenvalue weighted by Crippen LogP contribution is -2.50. The predicted molar refractivity (Wildman–Crippen MR) is 288 cm³/mol. The monoisotopic (exact) mass is 740 g/mol. The fraction of sp³-hybridized carbons (Fsp3) is 0.0400. The number of hydrogen-bond acceptors (Lipinski definition) is 0. The summed E-state index contributed by atoms with van der Waals surface area (Å²) < 4.78 is 0. The predicted octanol–water partition coefficient (Wildman–Crippen LogP) is -1.48. The molecule has 268 valence electrons. The lowest BCUT2D eigenvalue weighted by molar-refractivity contribution is 1.04. The van der Waals surface area contributed by atoms with Crippen molar-refractivity contribution in [3.63, 3.8) is 0 Å². The molecule has 0 saturated carbocycles. The van der Waals surface area contributed by atoms with Gasteiger partial charge in [0, 0.05) is 0 Å². The van der Waals surface area contributed by atoms with Crippen LogP contribution in [0.1, 0.15) is 24.0 Å². The maximum absolute atomic E-state index is 2.62. The van der Waals surface area contributed by atoms with Crippen LogP contribution in [0, 0.1) is 0 Å². The highest BCUT2D eigenvalue weighted by Gasteiger charge is 2.30. The number of benzene rings is 9. The van der Waals surface area contributed by atoms with E-state index in [0.717, 1.165) is 20.1 Å². The van der Waals surface area contributed by atoms with Gasteiger partial charge in [-0.3, -0.25) is 0 Å². The Morgan fingerprint density at radius 3 is 1.49 bits per heavy atom. The highest BCUT2D eigenvalue weighted by molar-refractivity contribution is 6.71. The first-order valence-electron chi connectivity index (χ1n) is 21.5. The third-order valence-electron chi connectivity index (χ3n) is 15.0. The molecule has 0 unspecified atom stereocenters. The average Bonchev–Trinajstić information content (AvgIpc) is 3.62. The molecule has 0 spiro atoms. The third kappa shape index (κ3) is 5.29. The van der Waals surface area contributed by atoms with Crippen LogP contribution in [0.25, 0.3) is 87.3 Å². The smallest absolute Gasteiger partial charge is 0.101 e. The van der Waals surface area contributed by atoms with E-state index in [-0.39, 0.29) is 0 Å². The Hall–Kier alpha value is -5.66. The number of fused-ring (bicyclic) bond motifs is 7. The van der Waals surface area contributed by atoms with Crippen molar-refractivity contribution >= 4 is 184 Å². The molecule has 0 saturated heterocycles. The zero-order valence-corrected chi connectivity index (χ0v) is 35.7. The minimum absolute atomic E-state index is 1.05. The zero-order valence-electron chi connectivity index (χ0n) is 35.7. The van der Waals surface area contributed by atoms with Crippen molar-refractivity contribution in [2.45, 2.75) is 12.8 Å². The highest BCUT2D eigenvalue weighted by atomic mass is 14.3. The highest BCUT2D eigenvalue weighted by Crippen LogP contribution is 2.46. The number of hydrogen-bond donors (Lipinski definition) is 0. The lowest BCUT2D eigenvalue weighted by atomic mass is 9.59. The van der Waals surface area contributed by atoms with E-state index < -0.39 is 0 Å². The zero-order chi connectivity index (χ0) is 40.4. The second-order valence-corrected chi connectivity index (χ2v) is 17.7. The first-order chi connectivity index (χ1) is 28.6. The van der Waals surface area contributed by atoms with E-state index in [2.05, 4.69) is 184 Å². The minimum atomic E-state index is 1.05. The Balaban J connectivity index is 1.26. The van der Waals surface area contributed by atoms with Crippen LogP contribution in [0.4, 0.5) is 0 Å². The van der Waals surface area contributed by atoms with E-state index in [1.165, 1.54) is 148 Å². The van der Waals surface area contributed by atoms with E-state index in [1.807, 2.05) is 0 Å². The van der Waals surface area contributed by atoms with Gasteiger partial charge in [-0.2, -0.15) is 0 Å². The van der Waals surface area contributed by atoms with Gasteiger partial charge in [-0.25, -0.2) is 0 Å². The summed E-state index contributed by atoms with van der Waals surface area (Å²) in [5, 5.41) is 13.5. The van der Waals surface area contributed by atoms with Gasteiger partial charge >= 0.3 is 0 Å². The van der Waals surface area contributed by atoms with Gasteiger partial charge in [0.2, 0.25) is 0 Å². The molecule has 59 heavy (non-hydrogen) atoms. The van der Waals surface area contributed by atoms with E-state index in [1.54, 1.807) is 5.47 Å². The van der Waals surface area contributed by atoms with Crippen molar-refractivity contribution in [2.75, 3.05) is 0 Å². The first kappa shape index (κ1) is 36.4. The molecule has 9 aromatic carbocycles. The van der Waals surface area contributed by atoms with Crippen LogP contribution in [0.2, 0.25) is 0 Å². The molecule has 0 nitrogen and oxygen atoms in total. The molecule has 1 heterocycles. The van der Waals surface area contributed by atoms with E-state index in [9.17, 15) is 0 Å². The Labute approximate surface area is 355 Å². The normalized spacial score (nSPS) is 13.7. The van der Waals surface area contributed by atoms with Gasteiger partial charge in [0.15, 0.2) is 7.28 Å². The molecule has 0 radical (unpaired) electrons. The van der Waals surface area contributed by atoms with Crippen LogP contribution in [0.15, 0.2) is 127 Å². The summed E-state index contributed by atoms with van der Waals surface area (Å²) in [6.07, 6.45) is 4.77. The first-order valence-corrected chi connectivity index (χ1v) is 21.5. The van der Waals surface area contributed by atoms with Gasteiger partial charge in [-0.15, -0.1) is 21.9 Å². The van der Waals surface area contributed by atoms with E-state index in [4.69, 9.17) is 0 Å². The van der Waals surface area contributed by atoms with Gasteiger partial charge in [-0.1, -0.05) is 142 Å². The van der Waals surface area contributed by atoms with Crippen LogP contribution in [-0.4, -0.2) is 70.0 Å². The van der Waals surface area contributed by atoms with Crippen molar-refractivity contribution < 1.29 is 0 Å². The van der Waals surface area contributed by atoms with Gasteiger partial charge in [-0.05, 0) is 123 Å². The molecule has 1 aliphatic heterocycles. The van der Waals surface area contributed by atoms with E-state index in [0.29, 0.717) is 0 Å². The van der Waals surface area contributed by atoms with Gasteiger partial charge in [0.25, 0.3) is 0 Å². The summed E-state index contributed by atoms with van der Waals surface area (Å²) >= 11 is 0. The maximum atomic E-state index is 2.62. The summed E-state index contributed by atoms with van der Waals surface area (Å²) in [6.45, 7) is 0. The summed E-state index contributed by atoms with van der Waals surface area (Å²) in [4.78, 5) is 0. The SMILES string of the molecule is Bc1c(B)c(B)c2c(-c3ccc(-c4ccc5ccccc5c4)c4ccccc34)c3c(B)c(B)c(B)c(B)c3c(C3=CC4=C(Bc5cc6ccccc6cc54)CC3)c2c1B. The Kier molecular flexibility index (Phi) is 8.30. The van der Waals surface area contributed by atoms with Crippen LogP contribution in [0.5, 0.6) is 0 Å². The maximum Gasteiger partial charge on any atom is 0.188 e. The fourth-order valence-corrected chi connectivity index (χ4v) is 11.2. The van der Waals surface area contributed by atoms with Crippen molar-refractivity contribution in [1.29, 1.82) is 0 Å². The molecule has 1 aliphatic carbocycles. The standard InChI is InChI=1S/C50H41B9/c51-43-39-37(28-15-18-35-33(21-28)34-20-25-9-3-4-10-26(25)22-36(34)59-35)40-42(46(54)50(58)48(56)44(40)52)38(41(39)45(53)49(57)47(43)55)32-17-16-29(30-11-5-6-12-31(30)32)27-14-13-23-7-1-2-8-24(23)19-27/h1-14,16-17,19-22,59H,15,18,51-58H2. The Morgan fingerprint density at radius 1 is 0.390 bits per heavy atom. The molecule has 0 bridgehead atoms. The van der Waals surface area contributed by atoms with Crippen molar-refractivity contribution in [3.8, 4) is 22.3 Å².